The highest BCUT2D eigenvalue weighted by Crippen LogP contribution is 2.57. The number of hydrogen-bond acceptors (Lipinski definition) is 8. The Labute approximate surface area is 200 Å². The van der Waals surface area contributed by atoms with Crippen molar-refractivity contribution in [2.75, 3.05) is 13.2 Å². The van der Waals surface area contributed by atoms with E-state index in [9.17, 15) is 0 Å². The first-order valence-electron chi connectivity index (χ1n) is 12.4. The van der Waals surface area contributed by atoms with Gasteiger partial charge in [-0.3, -0.25) is 9.98 Å². The number of fused-ring (bicyclic) bond motifs is 4. The van der Waals surface area contributed by atoms with E-state index in [1.54, 1.807) is 6.21 Å². The van der Waals surface area contributed by atoms with Gasteiger partial charge in [0.1, 0.15) is 17.6 Å². The lowest BCUT2D eigenvalue weighted by molar-refractivity contribution is -0.00779. The number of nitrogens with two attached hydrogens (primary N) is 1. The van der Waals surface area contributed by atoms with Crippen LogP contribution in [0.3, 0.4) is 0 Å². The lowest BCUT2D eigenvalue weighted by Crippen LogP contribution is -2.50. The molecule has 5 aliphatic rings. The largest absolute Gasteiger partial charge is 0.484 e. The van der Waals surface area contributed by atoms with Crippen LogP contribution in [-0.4, -0.2) is 59.5 Å². The van der Waals surface area contributed by atoms with Gasteiger partial charge < -0.3 is 25.4 Å². The Hall–Kier alpha value is -2.55. The van der Waals surface area contributed by atoms with E-state index in [4.69, 9.17) is 25.0 Å². The van der Waals surface area contributed by atoms with Crippen molar-refractivity contribution in [3.8, 4) is 5.75 Å². The van der Waals surface area contributed by atoms with Gasteiger partial charge >= 0.3 is 0 Å². The first-order chi connectivity index (χ1) is 16.5. The summed E-state index contributed by atoms with van der Waals surface area (Å²) < 4.78 is 18.2. The third-order valence-corrected chi connectivity index (χ3v) is 7.68. The zero-order chi connectivity index (χ0) is 23.3. The second-order valence-electron chi connectivity index (χ2n) is 10.5. The maximum absolute atomic E-state index is 6.32. The van der Waals surface area contributed by atoms with E-state index in [0.717, 1.165) is 54.6 Å². The zero-order valence-corrected chi connectivity index (χ0v) is 19.9. The third kappa shape index (κ3) is 3.97. The van der Waals surface area contributed by atoms with Gasteiger partial charge in [0.2, 0.25) is 0 Å². The molecule has 2 atom stereocenters. The monoisotopic (exact) mass is 463 g/mol. The molecule has 34 heavy (non-hydrogen) atoms. The minimum absolute atomic E-state index is 0.0569. The van der Waals surface area contributed by atoms with Crippen LogP contribution < -0.4 is 15.9 Å². The summed E-state index contributed by atoms with van der Waals surface area (Å²) in [6.07, 6.45) is 8.75. The molecule has 2 saturated carbocycles. The van der Waals surface area contributed by atoms with Crippen molar-refractivity contribution in [3.63, 3.8) is 0 Å². The molecule has 0 spiro atoms. The fourth-order valence-corrected chi connectivity index (χ4v) is 5.79. The molecule has 4 heterocycles. The fourth-order valence-electron chi connectivity index (χ4n) is 5.79. The predicted molar refractivity (Wildman–Crippen MR) is 132 cm³/mol. The second-order valence-corrected chi connectivity index (χ2v) is 10.5. The van der Waals surface area contributed by atoms with E-state index >= 15 is 0 Å². The van der Waals surface area contributed by atoms with E-state index in [1.807, 2.05) is 25.3 Å². The highest BCUT2D eigenvalue weighted by molar-refractivity contribution is 6.32. The van der Waals surface area contributed by atoms with E-state index in [-0.39, 0.29) is 23.3 Å². The Kier molecular flexibility index (Phi) is 5.35. The topological polar surface area (TPSA) is 103 Å². The van der Waals surface area contributed by atoms with Crippen molar-refractivity contribution >= 4 is 22.8 Å². The minimum atomic E-state index is -0.338. The number of ether oxygens (including phenoxy) is 3. The van der Waals surface area contributed by atoms with Crippen molar-refractivity contribution in [2.45, 2.75) is 81.9 Å². The number of rotatable bonds is 8. The summed E-state index contributed by atoms with van der Waals surface area (Å²) in [5.74, 6) is 6.53. The molecule has 2 saturated heterocycles. The molecule has 1 aromatic carbocycles. The molecule has 0 radical (unpaired) electrons. The Bertz CT molecular complexity index is 1150. The molecule has 4 fully saturated rings. The summed E-state index contributed by atoms with van der Waals surface area (Å²) in [5, 5.41) is 8.73. The number of nitrogens with zero attached hydrogens (tertiary/aromatic N) is 3. The van der Waals surface area contributed by atoms with Gasteiger partial charge in [0.15, 0.2) is 0 Å². The molecule has 3 aliphatic heterocycles. The first kappa shape index (κ1) is 21.9. The van der Waals surface area contributed by atoms with Gasteiger partial charge in [-0.25, -0.2) is 0 Å². The van der Waals surface area contributed by atoms with Gasteiger partial charge in [-0.05, 0) is 62.4 Å². The van der Waals surface area contributed by atoms with Crippen LogP contribution in [0.15, 0.2) is 34.5 Å². The van der Waals surface area contributed by atoms with Crippen LogP contribution in [0, 0.1) is 0 Å². The summed E-state index contributed by atoms with van der Waals surface area (Å²) in [6.45, 7) is 6.33. The van der Waals surface area contributed by atoms with Crippen molar-refractivity contribution < 1.29 is 14.2 Å². The normalized spacial score (nSPS) is 31.5. The lowest BCUT2D eigenvalue weighted by atomic mass is 9.67. The smallest absolute Gasteiger partial charge is 0.141 e. The van der Waals surface area contributed by atoms with Gasteiger partial charge in [0.05, 0.1) is 36.0 Å². The summed E-state index contributed by atoms with van der Waals surface area (Å²) in [6, 6.07) is 6.67. The molecule has 8 nitrogen and oxygen atoms in total. The maximum Gasteiger partial charge on any atom is 0.141 e. The molecular weight excluding hydrogens is 430 g/mol. The zero-order valence-electron chi connectivity index (χ0n) is 19.9. The molecule has 7 rings (SSSR count). The molecule has 8 heteroatoms. The Balaban J connectivity index is 1.17. The lowest BCUT2D eigenvalue weighted by Gasteiger charge is -2.40. The molecule has 1 aromatic heterocycles. The van der Waals surface area contributed by atoms with Crippen LogP contribution >= 0.6 is 0 Å². The maximum atomic E-state index is 6.32. The summed E-state index contributed by atoms with van der Waals surface area (Å²) in [5.41, 5.74) is 3.78. The van der Waals surface area contributed by atoms with Crippen LogP contribution in [0.5, 0.6) is 5.75 Å². The van der Waals surface area contributed by atoms with Crippen LogP contribution in [0.25, 0.3) is 10.9 Å². The highest BCUT2D eigenvalue weighted by atomic mass is 16.5. The standard InChI is InChI=1S/C26H33N5O3/c1-16(33-19-5-6-22-21(9-19)20-7-8-32-13-17(20)10-29-22)23(31-27)11-30-26-14-25(2,15-26)34-24(26)12-28-18-3-4-18/h5-6,9-11,16,18,24,28H,3-4,7-8,12-15,27H2,1-2H3/b30-11?,31-23+. The third-order valence-electron chi connectivity index (χ3n) is 7.68. The van der Waals surface area contributed by atoms with Gasteiger partial charge in [-0.1, -0.05) is 0 Å². The number of pyridine rings is 1. The number of aliphatic imine (C=N–C) groups is 1. The number of aromatic nitrogens is 1. The average molecular weight is 464 g/mol. The van der Waals surface area contributed by atoms with Crippen LogP contribution in [0.4, 0.5) is 0 Å². The fraction of sp³-hybridized carbons (Fsp3) is 0.577. The van der Waals surface area contributed by atoms with Crippen molar-refractivity contribution in [3.05, 3.63) is 35.5 Å². The molecular formula is C26H33N5O3. The van der Waals surface area contributed by atoms with Gasteiger partial charge in [-0.2, -0.15) is 5.10 Å². The minimum Gasteiger partial charge on any atom is -0.484 e. The van der Waals surface area contributed by atoms with E-state index < -0.39 is 0 Å². The van der Waals surface area contributed by atoms with Crippen molar-refractivity contribution in [2.24, 2.45) is 15.9 Å². The van der Waals surface area contributed by atoms with Gasteiger partial charge in [0, 0.05) is 43.2 Å². The van der Waals surface area contributed by atoms with Gasteiger partial charge in [0.25, 0.3) is 0 Å². The molecule has 2 aromatic rings. The van der Waals surface area contributed by atoms with Crippen molar-refractivity contribution in [1.82, 2.24) is 10.3 Å². The quantitative estimate of drug-likeness (QED) is 0.354. The Morgan fingerprint density at radius 2 is 2.24 bits per heavy atom. The van der Waals surface area contributed by atoms with E-state index in [0.29, 0.717) is 18.4 Å². The molecule has 3 N–H and O–H groups in total. The molecule has 180 valence electrons. The molecule has 2 bridgehead atoms. The summed E-state index contributed by atoms with van der Waals surface area (Å²) >= 11 is 0. The number of hydrazone groups is 1. The SMILES string of the molecule is CC(Oc1ccc2ncc3c(c2c1)CCOC3)/C(C=NC12CC(C)(C1)OC2CNC1CC1)=N/N. The Morgan fingerprint density at radius 3 is 3.03 bits per heavy atom. The molecule has 2 aliphatic carbocycles. The summed E-state index contributed by atoms with van der Waals surface area (Å²) in [4.78, 5) is 9.56. The first-order valence-corrected chi connectivity index (χ1v) is 12.4. The van der Waals surface area contributed by atoms with Crippen LogP contribution in [0.2, 0.25) is 0 Å². The second kappa shape index (κ2) is 8.29. The van der Waals surface area contributed by atoms with Crippen molar-refractivity contribution in [1.29, 1.82) is 0 Å². The number of nitrogens with one attached hydrogen (secondary N) is 1. The van der Waals surface area contributed by atoms with E-state index in [1.165, 1.54) is 18.4 Å². The molecule has 0 amide bonds. The average Bonchev–Trinajstić information content (AvgIpc) is 3.55. The van der Waals surface area contributed by atoms with Crippen LogP contribution in [0.1, 0.15) is 50.7 Å². The van der Waals surface area contributed by atoms with Gasteiger partial charge in [-0.15, -0.1) is 0 Å². The number of hydrogen-bond donors (Lipinski definition) is 2. The Morgan fingerprint density at radius 1 is 1.38 bits per heavy atom. The molecule has 2 unspecified atom stereocenters. The summed E-state index contributed by atoms with van der Waals surface area (Å²) in [7, 11) is 0. The van der Waals surface area contributed by atoms with E-state index in [2.05, 4.69) is 28.4 Å². The highest BCUT2D eigenvalue weighted by Gasteiger charge is 2.65. The predicted octanol–water partition coefficient (Wildman–Crippen LogP) is 2.90. The number of benzene rings is 1. The van der Waals surface area contributed by atoms with Crippen LogP contribution in [-0.2, 0) is 22.5 Å².